The topological polar surface area (TPSA) is 64.5 Å². The van der Waals surface area contributed by atoms with Crippen molar-refractivity contribution in [2.75, 3.05) is 0 Å². The third-order valence-electron chi connectivity index (χ3n) is 3.42. The standard InChI is InChI=1S/C17H11F5N2O3S/c1-8-6-10(11-2-3-12(28-11)17(20,21)22)24-15(14(8)25)26-9-4-5-23-13(7-9)27-16(18)19/h2-7,16,25H,1H3. The third kappa shape index (κ3) is 4.47. The quantitative estimate of drug-likeness (QED) is 0.544. The highest BCUT2D eigenvalue weighted by molar-refractivity contribution is 7.15. The van der Waals surface area contributed by atoms with Crippen molar-refractivity contribution >= 4 is 11.3 Å². The fraction of sp³-hybridized carbons (Fsp3) is 0.176. The molecule has 3 heterocycles. The van der Waals surface area contributed by atoms with Gasteiger partial charge < -0.3 is 14.6 Å². The number of pyridine rings is 2. The summed E-state index contributed by atoms with van der Waals surface area (Å²) in [7, 11) is 0. The Hall–Kier alpha value is -2.95. The Morgan fingerprint density at radius 3 is 2.54 bits per heavy atom. The average Bonchev–Trinajstić information content (AvgIpc) is 3.09. The van der Waals surface area contributed by atoms with Gasteiger partial charge >= 0.3 is 12.8 Å². The lowest BCUT2D eigenvalue weighted by Crippen LogP contribution is -2.03. The van der Waals surface area contributed by atoms with Crippen LogP contribution in [0.1, 0.15) is 10.4 Å². The largest absolute Gasteiger partial charge is 0.503 e. The molecule has 0 saturated carbocycles. The summed E-state index contributed by atoms with van der Waals surface area (Å²) in [6.45, 7) is -1.56. The number of aromatic nitrogens is 2. The molecule has 0 aliphatic rings. The molecule has 3 rings (SSSR count). The second-order valence-corrected chi connectivity index (χ2v) is 6.53. The molecule has 0 atom stereocenters. The van der Waals surface area contributed by atoms with E-state index in [2.05, 4.69) is 14.7 Å². The molecule has 0 aliphatic heterocycles. The highest BCUT2D eigenvalue weighted by atomic mass is 32.1. The molecule has 1 N–H and O–H groups in total. The number of hydrogen-bond acceptors (Lipinski definition) is 6. The van der Waals surface area contributed by atoms with E-state index in [0.29, 0.717) is 16.9 Å². The van der Waals surface area contributed by atoms with Crippen molar-refractivity contribution in [3.05, 3.63) is 47.0 Å². The first-order chi connectivity index (χ1) is 13.1. The molecule has 0 bridgehead atoms. The van der Waals surface area contributed by atoms with Crippen LogP contribution in [0.2, 0.25) is 0 Å². The lowest BCUT2D eigenvalue weighted by Gasteiger charge is -2.11. The van der Waals surface area contributed by atoms with Crippen LogP contribution in [0, 0.1) is 6.92 Å². The van der Waals surface area contributed by atoms with Crippen LogP contribution in [-0.2, 0) is 6.18 Å². The molecule has 3 aromatic rings. The molecule has 28 heavy (non-hydrogen) atoms. The van der Waals surface area contributed by atoms with E-state index in [9.17, 15) is 27.1 Å². The number of ether oxygens (including phenoxy) is 2. The number of alkyl halides is 5. The van der Waals surface area contributed by atoms with E-state index in [4.69, 9.17) is 4.74 Å². The van der Waals surface area contributed by atoms with Crippen molar-refractivity contribution in [3.8, 4) is 33.8 Å². The number of aromatic hydroxyl groups is 1. The van der Waals surface area contributed by atoms with Gasteiger partial charge in [0.15, 0.2) is 5.75 Å². The predicted molar refractivity (Wildman–Crippen MR) is 89.9 cm³/mol. The Morgan fingerprint density at radius 1 is 1.14 bits per heavy atom. The maximum atomic E-state index is 12.8. The molecular weight excluding hydrogens is 407 g/mol. The van der Waals surface area contributed by atoms with Gasteiger partial charge in [-0.25, -0.2) is 9.97 Å². The Bertz CT molecular complexity index is 991. The summed E-state index contributed by atoms with van der Waals surface area (Å²) in [5.74, 6) is -1.06. The van der Waals surface area contributed by atoms with Crippen molar-refractivity contribution < 1.29 is 36.5 Å². The maximum absolute atomic E-state index is 12.8. The van der Waals surface area contributed by atoms with Crippen LogP contribution in [-0.4, -0.2) is 21.7 Å². The molecule has 148 valence electrons. The number of halogens is 5. The molecule has 3 aromatic heterocycles. The fourth-order valence-electron chi connectivity index (χ4n) is 2.18. The Labute approximate surface area is 159 Å². The zero-order valence-electron chi connectivity index (χ0n) is 14.0. The van der Waals surface area contributed by atoms with Crippen molar-refractivity contribution in [2.24, 2.45) is 0 Å². The third-order valence-corrected chi connectivity index (χ3v) is 4.57. The van der Waals surface area contributed by atoms with Gasteiger partial charge in [0.25, 0.3) is 5.88 Å². The molecule has 0 amide bonds. The highest BCUT2D eigenvalue weighted by Crippen LogP contribution is 2.40. The van der Waals surface area contributed by atoms with Crippen molar-refractivity contribution in [2.45, 2.75) is 19.7 Å². The van der Waals surface area contributed by atoms with Crippen molar-refractivity contribution in [1.29, 1.82) is 0 Å². The van der Waals surface area contributed by atoms with Crippen LogP contribution < -0.4 is 9.47 Å². The first-order valence-electron chi connectivity index (χ1n) is 7.60. The van der Waals surface area contributed by atoms with E-state index >= 15 is 0 Å². The zero-order valence-corrected chi connectivity index (χ0v) is 14.8. The van der Waals surface area contributed by atoms with Gasteiger partial charge in [-0.15, -0.1) is 11.3 Å². The number of nitrogens with zero attached hydrogens (tertiary/aromatic N) is 2. The minimum atomic E-state index is -4.48. The summed E-state index contributed by atoms with van der Waals surface area (Å²) in [4.78, 5) is 7.06. The Morgan fingerprint density at radius 2 is 1.89 bits per heavy atom. The molecular formula is C17H11F5N2O3S. The number of rotatable bonds is 5. The SMILES string of the molecule is Cc1cc(-c2ccc(C(F)(F)F)s2)nc(Oc2ccnc(OC(F)F)c2)c1O. The van der Waals surface area contributed by atoms with Gasteiger partial charge in [0.1, 0.15) is 10.6 Å². The maximum Gasteiger partial charge on any atom is 0.425 e. The lowest BCUT2D eigenvalue weighted by molar-refractivity contribution is -0.134. The summed E-state index contributed by atoms with van der Waals surface area (Å²) < 4.78 is 72.6. The summed E-state index contributed by atoms with van der Waals surface area (Å²) in [6, 6.07) is 5.97. The summed E-state index contributed by atoms with van der Waals surface area (Å²) in [6.07, 6.45) is -3.33. The lowest BCUT2D eigenvalue weighted by atomic mass is 10.2. The van der Waals surface area contributed by atoms with Gasteiger partial charge in [0, 0.05) is 12.3 Å². The second kappa shape index (κ2) is 7.58. The van der Waals surface area contributed by atoms with Gasteiger partial charge in [-0.2, -0.15) is 22.0 Å². The van der Waals surface area contributed by atoms with Gasteiger partial charge in [-0.3, -0.25) is 0 Å². The molecule has 5 nitrogen and oxygen atoms in total. The summed E-state index contributed by atoms with van der Waals surface area (Å²) in [5.41, 5.74) is 0.462. The van der Waals surface area contributed by atoms with E-state index < -0.39 is 23.5 Å². The molecule has 0 fully saturated rings. The van der Waals surface area contributed by atoms with E-state index in [0.717, 1.165) is 18.3 Å². The highest BCUT2D eigenvalue weighted by Gasteiger charge is 2.32. The molecule has 0 unspecified atom stereocenters. The van der Waals surface area contributed by atoms with Crippen LogP contribution in [0.5, 0.6) is 23.3 Å². The number of hydrogen-bond donors (Lipinski definition) is 1. The summed E-state index contributed by atoms with van der Waals surface area (Å²) in [5, 5.41) is 10.1. The number of aryl methyl sites for hydroxylation is 1. The molecule has 0 aliphatic carbocycles. The Balaban J connectivity index is 1.93. The Kier molecular flexibility index (Phi) is 5.36. The second-order valence-electron chi connectivity index (χ2n) is 5.45. The fourth-order valence-corrected chi connectivity index (χ4v) is 3.02. The van der Waals surface area contributed by atoms with Crippen molar-refractivity contribution in [3.63, 3.8) is 0 Å². The molecule has 11 heteroatoms. The van der Waals surface area contributed by atoms with Gasteiger partial charge in [-0.05, 0) is 36.8 Å². The smallest absolute Gasteiger partial charge is 0.425 e. The predicted octanol–water partition coefficient (Wildman–Crippen LogP) is 5.63. The monoisotopic (exact) mass is 418 g/mol. The van der Waals surface area contributed by atoms with E-state index in [1.165, 1.54) is 25.1 Å². The normalized spacial score (nSPS) is 11.7. The summed E-state index contributed by atoms with van der Waals surface area (Å²) >= 11 is 0.494. The van der Waals surface area contributed by atoms with Crippen LogP contribution in [0.4, 0.5) is 22.0 Å². The van der Waals surface area contributed by atoms with Crippen molar-refractivity contribution in [1.82, 2.24) is 9.97 Å². The minimum Gasteiger partial charge on any atom is -0.503 e. The van der Waals surface area contributed by atoms with Crippen LogP contribution in [0.3, 0.4) is 0 Å². The van der Waals surface area contributed by atoms with E-state index in [1.54, 1.807) is 0 Å². The zero-order chi connectivity index (χ0) is 20.5. The van der Waals surface area contributed by atoms with Crippen LogP contribution in [0.15, 0.2) is 36.5 Å². The average molecular weight is 418 g/mol. The molecule has 0 aromatic carbocycles. The van der Waals surface area contributed by atoms with Gasteiger partial charge in [-0.1, -0.05) is 0 Å². The minimum absolute atomic E-state index is 0.00726. The molecule has 0 saturated heterocycles. The molecule has 0 spiro atoms. The van der Waals surface area contributed by atoms with E-state index in [-0.39, 0.29) is 28.0 Å². The first kappa shape index (κ1) is 19.8. The first-order valence-corrected chi connectivity index (χ1v) is 8.42. The molecule has 0 radical (unpaired) electrons. The van der Waals surface area contributed by atoms with Crippen LogP contribution >= 0.6 is 11.3 Å². The van der Waals surface area contributed by atoms with Gasteiger partial charge in [0.2, 0.25) is 5.88 Å². The number of thiophene rings is 1. The van der Waals surface area contributed by atoms with Crippen LogP contribution in [0.25, 0.3) is 10.6 Å². The van der Waals surface area contributed by atoms with E-state index in [1.807, 2.05) is 0 Å². The van der Waals surface area contributed by atoms with Gasteiger partial charge in [0.05, 0.1) is 10.6 Å².